The highest BCUT2D eigenvalue weighted by Gasteiger charge is 2.11. The van der Waals surface area contributed by atoms with Gasteiger partial charge in [-0.15, -0.1) is 0 Å². The number of amides is 1. The molecule has 0 aliphatic heterocycles. The van der Waals surface area contributed by atoms with Crippen molar-refractivity contribution in [3.05, 3.63) is 35.9 Å². The maximum Gasteiger partial charge on any atom is 0.216 e. The number of nitrogens with two attached hydrogens (primary N) is 1. The van der Waals surface area contributed by atoms with Crippen LogP contribution in [0.3, 0.4) is 0 Å². The van der Waals surface area contributed by atoms with Crippen molar-refractivity contribution in [2.75, 3.05) is 12.3 Å². The third-order valence-electron chi connectivity index (χ3n) is 2.35. The summed E-state index contributed by atoms with van der Waals surface area (Å²) < 4.78 is 0. The van der Waals surface area contributed by atoms with Gasteiger partial charge in [0.15, 0.2) is 5.12 Å². The van der Waals surface area contributed by atoms with Gasteiger partial charge in [-0.3, -0.25) is 9.59 Å². The van der Waals surface area contributed by atoms with Crippen LogP contribution in [0.2, 0.25) is 0 Å². The Morgan fingerprint density at radius 1 is 1.33 bits per heavy atom. The predicted molar refractivity (Wildman–Crippen MR) is 74.1 cm³/mol. The highest BCUT2D eigenvalue weighted by molar-refractivity contribution is 8.13. The van der Waals surface area contributed by atoms with Crippen LogP contribution in [0.1, 0.15) is 24.9 Å². The molecular weight excluding hydrogens is 248 g/mol. The van der Waals surface area contributed by atoms with Crippen molar-refractivity contribution >= 4 is 22.8 Å². The van der Waals surface area contributed by atoms with Gasteiger partial charge in [0.2, 0.25) is 5.91 Å². The lowest BCUT2D eigenvalue weighted by Crippen LogP contribution is -2.23. The molecule has 0 bridgehead atoms. The molecule has 0 fully saturated rings. The van der Waals surface area contributed by atoms with Gasteiger partial charge in [-0.2, -0.15) is 0 Å². The molecule has 98 valence electrons. The van der Waals surface area contributed by atoms with E-state index in [2.05, 4.69) is 5.32 Å². The molecule has 1 rings (SSSR count). The molecular formula is C13H18N2O2S. The lowest BCUT2D eigenvalue weighted by atomic mass is 10.1. The summed E-state index contributed by atoms with van der Waals surface area (Å²) in [5, 5.41) is 2.70. The molecule has 0 aliphatic carbocycles. The molecule has 3 N–H and O–H groups in total. The van der Waals surface area contributed by atoms with Gasteiger partial charge in [-0.1, -0.05) is 42.1 Å². The Bertz CT molecular complexity index is 395. The number of carbonyl (C=O) groups is 2. The van der Waals surface area contributed by atoms with Crippen molar-refractivity contribution in [2.24, 2.45) is 5.73 Å². The quantitative estimate of drug-likeness (QED) is 0.765. The van der Waals surface area contributed by atoms with E-state index in [0.717, 1.165) is 5.56 Å². The zero-order valence-electron chi connectivity index (χ0n) is 10.4. The topological polar surface area (TPSA) is 72.2 Å². The SMILES string of the molecule is CC(=O)NCCSC(=O)C[C@@H](N)c1ccccc1. The molecule has 1 amide bonds. The maximum atomic E-state index is 11.6. The van der Waals surface area contributed by atoms with Crippen LogP contribution in [0.25, 0.3) is 0 Å². The molecule has 5 heteroatoms. The summed E-state index contributed by atoms with van der Waals surface area (Å²) in [5.74, 6) is 0.504. The summed E-state index contributed by atoms with van der Waals surface area (Å²) in [6.45, 7) is 1.96. The number of rotatable bonds is 6. The van der Waals surface area contributed by atoms with E-state index in [9.17, 15) is 9.59 Å². The second-order valence-corrected chi connectivity index (χ2v) is 5.08. The van der Waals surface area contributed by atoms with Gasteiger partial charge in [0.25, 0.3) is 0 Å². The first-order valence-corrected chi connectivity index (χ1v) is 6.78. The van der Waals surface area contributed by atoms with Gasteiger partial charge in [-0.25, -0.2) is 0 Å². The van der Waals surface area contributed by atoms with Crippen molar-refractivity contribution in [2.45, 2.75) is 19.4 Å². The lowest BCUT2D eigenvalue weighted by molar-refractivity contribution is -0.118. The van der Waals surface area contributed by atoms with Crippen LogP contribution < -0.4 is 11.1 Å². The number of hydrogen-bond acceptors (Lipinski definition) is 4. The van der Waals surface area contributed by atoms with Crippen LogP contribution in [0.4, 0.5) is 0 Å². The third kappa shape index (κ3) is 5.84. The highest BCUT2D eigenvalue weighted by atomic mass is 32.2. The number of carbonyl (C=O) groups excluding carboxylic acids is 2. The minimum absolute atomic E-state index is 0.0525. The van der Waals surface area contributed by atoms with Gasteiger partial charge in [0, 0.05) is 31.7 Å². The zero-order valence-corrected chi connectivity index (χ0v) is 11.2. The Balaban J connectivity index is 2.26. The van der Waals surface area contributed by atoms with Crippen molar-refractivity contribution in [3.8, 4) is 0 Å². The molecule has 1 aromatic carbocycles. The van der Waals surface area contributed by atoms with E-state index in [1.54, 1.807) is 0 Å². The molecule has 1 aromatic rings. The van der Waals surface area contributed by atoms with Gasteiger partial charge in [0.1, 0.15) is 0 Å². The lowest BCUT2D eigenvalue weighted by Gasteiger charge is -2.10. The van der Waals surface area contributed by atoms with E-state index in [1.165, 1.54) is 18.7 Å². The molecule has 1 atom stereocenters. The van der Waals surface area contributed by atoms with Crippen LogP contribution in [0, 0.1) is 0 Å². The van der Waals surface area contributed by atoms with Crippen molar-refractivity contribution in [3.63, 3.8) is 0 Å². The van der Waals surface area contributed by atoms with Crippen molar-refractivity contribution in [1.82, 2.24) is 5.32 Å². The summed E-state index contributed by atoms with van der Waals surface area (Å²) in [6.07, 6.45) is 0.314. The number of benzene rings is 1. The fourth-order valence-electron chi connectivity index (χ4n) is 1.45. The van der Waals surface area contributed by atoms with E-state index in [0.29, 0.717) is 18.7 Å². The van der Waals surface area contributed by atoms with E-state index < -0.39 is 0 Å². The van der Waals surface area contributed by atoms with Crippen molar-refractivity contribution in [1.29, 1.82) is 0 Å². The summed E-state index contributed by atoms with van der Waals surface area (Å²) in [4.78, 5) is 22.3. The molecule has 18 heavy (non-hydrogen) atoms. The monoisotopic (exact) mass is 266 g/mol. The highest BCUT2D eigenvalue weighted by Crippen LogP contribution is 2.17. The molecule has 0 saturated heterocycles. The molecule has 0 unspecified atom stereocenters. The van der Waals surface area contributed by atoms with Crippen LogP contribution in [-0.2, 0) is 9.59 Å². The number of hydrogen-bond donors (Lipinski definition) is 2. The molecule has 0 aliphatic rings. The Morgan fingerprint density at radius 2 is 2.00 bits per heavy atom. The Kier molecular flexibility index (Phi) is 6.46. The first-order valence-electron chi connectivity index (χ1n) is 5.80. The smallest absolute Gasteiger partial charge is 0.216 e. The third-order valence-corrected chi connectivity index (χ3v) is 3.25. The van der Waals surface area contributed by atoms with Gasteiger partial charge in [-0.05, 0) is 5.56 Å². The standard InChI is InChI=1S/C13H18N2O2S/c1-10(16)15-7-8-18-13(17)9-12(14)11-5-3-2-4-6-11/h2-6,12H,7-9,14H2,1H3,(H,15,16)/t12-/m1/s1. The summed E-state index contributed by atoms with van der Waals surface area (Å²) >= 11 is 1.21. The van der Waals surface area contributed by atoms with E-state index in [1.807, 2.05) is 30.3 Å². The Morgan fingerprint density at radius 3 is 2.61 bits per heavy atom. The molecule has 0 radical (unpaired) electrons. The minimum atomic E-state index is -0.257. The summed E-state index contributed by atoms with van der Waals surface area (Å²) in [5.41, 5.74) is 6.91. The number of thioether (sulfide) groups is 1. The Labute approximate surface area is 111 Å². The molecule has 0 aromatic heterocycles. The largest absolute Gasteiger partial charge is 0.356 e. The van der Waals surface area contributed by atoms with E-state index in [4.69, 9.17) is 5.73 Å². The Hall–Kier alpha value is -1.33. The van der Waals surface area contributed by atoms with Crippen LogP contribution in [0.15, 0.2) is 30.3 Å². The van der Waals surface area contributed by atoms with Crippen LogP contribution in [0.5, 0.6) is 0 Å². The van der Waals surface area contributed by atoms with Crippen LogP contribution >= 0.6 is 11.8 Å². The average Bonchev–Trinajstić information content (AvgIpc) is 2.35. The van der Waals surface area contributed by atoms with Gasteiger partial charge >= 0.3 is 0 Å². The fourth-order valence-corrected chi connectivity index (χ4v) is 2.18. The first-order chi connectivity index (χ1) is 8.59. The predicted octanol–water partition coefficient (Wildman–Crippen LogP) is 1.47. The van der Waals surface area contributed by atoms with Crippen molar-refractivity contribution < 1.29 is 9.59 Å². The number of nitrogens with one attached hydrogen (secondary N) is 1. The second kappa shape index (κ2) is 7.89. The normalized spacial score (nSPS) is 11.9. The minimum Gasteiger partial charge on any atom is -0.356 e. The fraction of sp³-hybridized carbons (Fsp3) is 0.385. The first kappa shape index (κ1) is 14.7. The molecule has 4 nitrogen and oxygen atoms in total. The summed E-state index contributed by atoms with van der Waals surface area (Å²) in [7, 11) is 0. The molecule has 0 spiro atoms. The molecule has 0 heterocycles. The van der Waals surface area contributed by atoms with Gasteiger partial charge < -0.3 is 11.1 Å². The molecule has 0 saturated carbocycles. The van der Waals surface area contributed by atoms with Gasteiger partial charge in [0.05, 0.1) is 0 Å². The summed E-state index contributed by atoms with van der Waals surface area (Å²) in [6, 6.07) is 9.31. The average molecular weight is 266 g/mol. The van der Waals surface area contributed by atoms with E-state index in [-0.39, 0.29) is 17.1 Å². The van der Waals surface area contributed by atoms with E-state index >= 15 is 0 Å². The second-order valence-electron chi connectivity index (χ2n) is 3.92. The maximum absolute atomic E-state index is 11.6. The van der Waals surface area contributed by atoms with Crippen LogP contribution in [-0.4, -0.2) is 23.3 Å². The zero-order chi connectivity index (χ0) is 13.4.